The zero-order chi connectivity index (χ0) is 14.9. The summed E-state index contributed by atoms with van der Waals surface area (Å²) in [5.74, 6) is 2.33. The zero-order valence-corrected chi connectivity index (χ0v) is 12.8. The molecule has 0 radical (unpaired) electrons. The van der Waals surface area contributed by atoms with Gasteiger partial charge in [0, 0.05) is 18.5 Å². The van der Waals surface area contributed by atoms with Gasteiger partial charge in [0.1, 0.15) is 11.6 Å². The smallest absolute Gasteiger partial charge is 0.129 e. The molecule has 0 amide bonds. The van der Waals surface area contributed by atoms with Crippen LogP contribution in [0.25, 0.3) is 11.1 Å². The standard InChI is InChI=1S/C16H23N3O/c1-10(2)11(3)15-14(16(17)19(4)18-15)12-8-6-7-9-13(12)20-5/h6-11H,17H2,1-5H3. The summed E-state index contributed by atoms with van der Waals surface area (Å²) in [5.41, 5.74) is 9.27. The molecule has 0 aliphatic carbocycles. The van der Waals surface area contributed by atoms with Crippen LogP contribution in [0.1, 0.15) is 32.4 Å². The van der Waals surface area contributed by atoms with Crippen LogP contribution in [0.4, 0.5) is 5.82 Å². The summed E-state index contributed by atoms with van der Waals surface area (Å²) in [5, 5.41) is 4.62. The number of hydrogen-bond donors (Lipinski definition) is 1. The Bertz CT molecular complexity index is 602. The van der Waals surface area contributed by atoms with Crippen molar-refractivity contribution in [2.75, 3.05) is 12.8 Å². The Morgan fingerprint density at radius 3 is 2.45 bits per heavy atom. The lowest BCUT2D eigenvalue weighted by Crippen LogP contribution is -2.05. The minimum atomic E-state index is 0.332. The molecule has 0 aliphatic heterocycles. The second-order valence-electron chi connectivity index (χ2n) is 5.50. The number of nitrogens with zero attached hydrogens (tertiary/aromatic N) is 2. The third kappa shape index (κ3) is 2.38. The minimum absolute atomic E-state index is 0.332. The molecule has 4 nitrogen and oxygen atoms in total. The molecular weight excluding hydrogens is 250 g/mol. The first-order valence-electron chi connectivity index (χ1n) is 6.93. The average Bonchev–Trinajstić information content (AvgIpc) is 2.73. The molecular formula is C16H23N3O. The maximum Gasteiger partial charge on any atom is 0.129 e. The van der Waals surface area contributed by atoms with Crippen LogP contribution >= 0.6 is 0 Å². The normalized spacial score (nSPS) is 12.7. The van der Waals surface area contributed by atoms with E-state index in [9.17, 15) is 0 Å². The summed E-state index contributed by atoms with van der Waals surface area (Å²) >= 11 is 0. The third-order valence-corrected chi connectivity index (χ3v) is 3.93. The Kier molecular flexibility index (Phi) is 4.02. The van der Waals surface area contributed by atoms with E-state index in [2.05, 4.69) is 25.9 Å². The highest BCUT2D eigenvalue weighted by molar-refractivity contribution is 5.81. The molecule has 1 atom stereocenters. The largest absolute Gasteiger partial charge is 0.496 e. The van der Waals surface area contributed by atoms with E-state index in [0.717, 1.165) is 22.6 Å². The van der Waals surface area contributed by atoms with Gasteiger partial charge in [-0.2, -0.15) is 5.10 Å². The molecule has 2 aromatic rings. The molecule has 0 bridgehead atoms. The number of para-hydroxylation sites is 1. The third-order valence-electron chi connectivity index (χ3n) is 3.93. The van der Waals surface area contributed by atoms with E-state index in [1.165, 1.54) is 0 Å². The van der Waals surface area contributed by atoms with Gasteiger partial charge in [0.15, 0.2) is 0 Å². The number of ether oxygens (including phenoxy) is 1. The number of methoxy groups -OCH3 is 1. The van der Waals surface area contributed by atoms with Crippen molar-refractivity contribution in [2.45, 2.75) is 26.7 Å². The van der Waals surface area contributed by atoms with Crippen LogP contribution in [0.3, 0.4) is 0 Å². The van der Waals surface area contributed by atoms with Crippen molar-refractivity contribution in [1.82, 2.24) is 9.78 Å². The predicted molar refractivity (Wildman–Crippen MR) is 82.9 cm³/mol. The number of hydrogen-bond acceptors (Lipinski definition) is 3. The van der Waals surface area contributed by atoms with Crippen molar-refractivity contribution in [3.05, 3.63) is 30.0 Å². The van der Waals surface area contributed by atoms with E-state index in [4.69, 9.17) is 10.5 Å². The Morgan fingerprint density at radius 1 is 1.20 bits per heavy atom. The lowest BCUT2D eigenvalue weighted by Gasteiger charge is -2.16. The van der Waals surface area contributed by atoms with Gasteiger partial charge in [0.05, 0.1) is 18.4 Å². The van der Waals surface area contributed by atoms with E-state index in [0.29, 0.717) is 17.7 Å². The van der Waals surface area contributed by atoms with E-state index in [1.54, 1.807) is 11.8 Å². The van der Waals surface area contributed by atoms with Gasteiger partial charge in [-0.3, -0.25) is 4.68 Å². The van der Waals surface area contributed by atoms with Crippen molar-refractivity contribution in [1.29, 1.82) is 0 Å². The highest BCUT2D eigenvalue weighted by Crippen LogP contribution is 2.40. The van der Waals surface area contributed by atoms with Crippen LogP contribution in [0.5, 0.6) is 5.75 Å². The molecule has 1 unspecified atom stereocenters. The van der Waals surface area contributed by atoms with Gasteiger partial charge in [0.2, 0.25) is 0 Å². The van der Waals surface area contributed by atoms with E-state index in [1.807, 2.05) is 31.3 Å². The molecule has 0 fully saturated rings. The maximum atomic E-state index is 6.24. The van der Waals surface area contributed by atoms with Crippen LogP contribution in [0, 0.1) is 5.92 Å². The highest BCUT2D eigenvalue weighted by atomic mass is 16.5. The van der Waals surface area contributed by atoms with Gasteiger partial charge >= 0.3 is 0 Å². The monoisotopic (exact) mass is 273 g/mol. The lowest BCUT2D eigenvalue weighted by molar-refractivity contribution is 0.416. The number of benzene rings is 1. The van der Waals surface area contributed by atoms with Gasteiger partial charge in [0.25, 0.3) is 0 Å². The first-order chi connectivity index (χ1) is 9.47. The number of nitrogen functional groups attached to an aromatic ring is 1. The fourth-order valence-corrected chi connectivity index (χ4v) is 2.32. The second kappa shape index (κ2) is 5.57. The molecule has 0 spiro atoms. The maximum absolute atomic E-state index is 6.24. The van der Waals surface area contributed by atoms with Crippen molar-refractivity contribution in [3.63, 3.8) is 0 Å². The molecule has 1 aromatic heterocycles. The first kappa shape index (κ1) is 14.4. The predicted octanol–water partition coefficient (Wildman–Crippen LogP) is 3.44. The fraction of sp³-hybridized carbons (Fsp3) is 0.438. The van der Waals surface area contributed by atoms with Crippen LogP contribution in [-0.4, -0.2) is 16.9 Å². The van der Waals surface area contributed by atoms with Crippen molar-refractivity contribution < 1.29 is 4.74 Å². The minimum Gasteiger partial charge on any atom is -0.496 e. The first-order valence-corrected chi connectivity index (χ1v) is 6.93. The average molecular weight is 273 g/mol. The van der Waals surface area contributed by atoms with Crippen molar-refractivity contribution >= 4 is 5.82 Å². The summed E-state index contributed by atoms with van der Waals surface area (Å²) in [6.07, 6.45) is 0. The SMILES string of the molecule is COc1ccccc1-c1c(C(C)C(C)C)nn(C)c1N. The van der Waals surface area contributed by atoms with Crippen LogP contribution in [0.15, 0.2) is 24.3 Å². The van der Waals surface area contributed by atoms with Gasteiger partial charge in [-0.05, 0) is 12.0 Å². The Balaban J connectivity index is 2.67. The number of nitrogens with two attached hydrogens (primary N) is 1. The summed E-state index contributed by atoms with van der Waals surface area (Å²) in [6.45, 7) is 6.58. The Hall–Kier alpha value is -1.97. The van der Waals surface area contributed by atoms with E-state index < -0.39 is 0 Å². The van der Waals surface area contributed by atoms with Crippen LogP contribution < -0.4 is 10.5 Å². The molecule has 1 aromatic carbocycles. The summed E-state index contributed by atoms with van der Waals surface area (Å²) in [4.78, 5) is 0. The molecule has 0 aliphatic rings. The van der Waals surface area contributed by atoms with Crippen LogP contribution in [0.2, 0.25) is 0 Å². The quantitative estimate of drug-likeness (QED) is 0.928. The molecule has 0 saturated carbocycles. The lowest BCUT2D eigenvalue weighted by atomic mass is 9.90. The fourth-order valence-electron chi connectivity index (χ4n) is 2.32. The number of anilines is 1. The van der Waals surface area contributed by atoms with Crippen LogP contribution in [-0.2, 0) is 7.05 Å². The topological polar surface area (TPSA) is 53.1 Å². The molecule has 108 valence electrons. The Morgan fingerprint density at radius 2 is 1.85 bits per heavy atom. The van der Waals surface area contributed by atoms with Crippen molar-refractivity contribution in [3.8, 4) is 16.9 Å². The Labute approximate surface area is 120 Å². The number of aromatic nitrogens is 2. The van der Waals surface area contributed by atoms with Gasteiger partial charge < -0.3 is 10.5 Å². The van der Waals surface area contributed by atoms with E-state index >= 15 is 0 Å². The summed E-state index contributed by atoms with van der Waals surface area (Å²) < 4.78 is 7.21. The summed E-state index contributed by atoms with van der Waals surface area (Å²) in [6, 6.07) is 7.93. The zero-order valence-electron chi connectivity index (χ0n) is 12.8. The molecule has 2 rings (SSSR count). The molecule has 4 heteroatoms. The van der Waals surface area contributed by atoms with Gasteiger partial charge in [-0.25, -0.2) is 0 Å². The van der Waals surface area contributed by atoms with Crippen molar-refractivity contribution in [2.24, 2.45) is 13.0 Å². The molecule has 2 N–H and O–H groups in total. The molecule has 1 heterocycles. The van der Waals surface area contributed by atoms with E-state index in [-0.39, 0.29) is 0 Å². The number of aryl methyl sites for hydroxylation is 1. The van der Waals surface area contributed by atoms with Gasteiger partial charge in [-0.1, -0.05) is 39.0 Å². The molecule has 0 saturated heterocycles. The highest BCUT2D eigenvalue weighted by Gasteiger charge is 2.24. The molecule has 20 heavy (non-hydrogen) atoms. The van der Waals surface area contributed by atoms with Gasteiger partial charge in [-0.15, -0.1) is 0 Å². The number of rotatable bonds is 4. The second-order valence-corrected chi connectivity index (χ2v) is 5.50. The summed E-state index contributed by atoms with van der Waals surface area (Å²) in [7, 11) is 3.56.